The van der Waals surface area contributed by atoms with Crippen molar-refractivity contribution >= 4 is 16.8 Å². The van der Waals surface area contributed by atoms with E-state index in [1.165, 1.54) is 10.9 Å². The Labute approximate surface area is 186 Å². The van der Waals surface area contributed by atoms with Gasteiger partial charge in [0.15, 0.2) is 0 Å². The molecule has 2 aliphatic rings. The van der Waals surface area contributed by atoms with Crippen molar-refractivity contribution in [2.45, 2.75) is 31.7 Å². The lowest BCUT2D eigenvalue weighted by atomic mass is 9.94. The van der Waals surface area contributed by atoms with E-state index in [0.29, 0.717) is 18.0 Å². The average molecular weight is 425 g/mol. The molecule has 3 aromatic heterocycles. The van der Waals surface area contributed by atoms with Crippen molar-refractivity contribution < 1.29 is 9.53 Å². The number of carbonyl (C=O) groups is 1. The van der Waals surface area contributed by atoms with Gasteiger partial charge in [-0.3, -0.25) is 9.78 Å². The summed E-state index contributed by atoms with van der Waals surface area (Å²) in [5.74, 6) is 0.349. The Hall–Kier alpha value is -3.67. The van der Waals surface area contributed by atoms with Crippen molar-refractivity contribution in [1.82, 2.24) is 19.9 Å². The summed E-state index contributed by atoms with van der Waals surface area (Å²) in [5.41, 5.74) is 6.99. The van der Waals surface area contributed by atoms with Crippen LogP contribution in [0.1, 0.15) is 51.0 Å². The largest absolute Gasteiger partial charge is 0.480 e. The Kier molecular flexibility index (Phi) is 4.45. The van der Waals surface area contributed by atoms with Crippen LogP contribution in [-0.2, 0) is 19.3 Å². The summed E-state index contributed by atoms with van der Waals surface area (Å²) >= 11 is 0. The van der Waals surface area contributed by atoms with Crippen LogP contribution in [0.5, 0.6) is 5.88 Å². The SMILES string of the molecule is COc1nc2c(cc1C(=O)N1CCc3c([nH]c4ccccc34)C1c1ccccn1)CCC2. The molecule has 1 N–H and O–H groups in total. The van der Waals surface area contributed by atoms with Crippen molar-refractivity contribution in [2.24, 2.45) is 0 Å². The number of ether oxygens (including phenoxy) is 1. The van der Waals surface area contributed by atoms with E-state index >= 15 is 0 Å². The molecule has 4 heterocycles. The van der Waals surface area contributed by atoms with Gasteiger partial charge in [0.1, 0.15) is 11.6 Å². The molecule has 1 unspecified atom stereocenters. The fourth-order valence-electron chi connectivity index (χ4n) is 5.22. The Morgan fingerprint density at radius 3 is 2.84 bits per heavy atom. The lowest BCUT2D eigenvalue weighted by Crippen LogP contribution is -2.41. The molecule has 32 heavy (non-hydrogen) atoms. The molecule has 160 valence electrons. The third-order valence-electron chi connectivity index (χ3n) is 6.70. The molecule has 0 radical (unpaired) electrons. The van der Waals surface area contributed by atoms with Crippen LogP contribution in [-0.4, -0.2) is 39.4 Å². The van der Waals surface area contributed by atoms with Crippen LogP contribution in [0, 0.1) is 0 Å². The summed E-state index contributed by atoms with van der Waals surface area (Å²) in [4.78, 5) is 28.8. The van der Waals surface area contributed by atoms with Crippen LogP contribution in [0.3, 0.4) is 0 Å². The Morgan fingerprint density at radius 2 is 2.00 bits per heavy atom. The standard InChI is InChI=1S/C26H24N4O2/c1-32-25-19(15-16-7-6-11-20(16)29-25)26(31)30-14-12-18-17-8-2-3-9-21(17)28-23(18)24(30)22-10-4-5-13-27-22/h2-5,8-10,13,15,24,28H,6-7,11-12,14H2,1H3. The topological polar surface area (TPSA) is 71.1 Å². The smallest absolute Gasteiger partial charge is 0.260 e. The fraction of sp³-hybridized carbons (Fsp3) is 0.269. The first-order valence-electron chi connectivity index (χ1n) is 11.1. The molecule has 4 aromatic rings. The van der Waals surface area contributed by atoms with Crippen molar-refractivity contribution in [3.05, 3.63) is 88.5 Å². The van der Waals surface area contributed by atoms with Crippen molar-refractivity contribution in [2.75, 3.05) is 13.7 Å². The number of hydrogen-bond donors (Lipinski definition) is 1. The van der Waals surface area contributed by atoms with Crippen molar-refractivity contribution in [3.8, 4) is 5.88 Å². The highest BCUT2D eigenvalue weighted by Gasteiger charge is 2.37. The third kappa shape index (κ3) is 2.90. The van der Waals surface area contributed by atoms with E-state index in [-0.39, 0.29) is 11.9 Å². The van der Waals surface area contributed by atoms with Gasteiger partial charge in [0.2, 0.25) is 5.88 Å². The first-order chi connectivity index (χ1) is 15.7. The first-order valence-corrected chi connectivity index (χ1v) is 11.1. The van der Waals surface area contributed by atoms with E-state index in [0.717, 1.165) is 53.8 Å². The monoisotopic (exact) mass is 424 g/mol. The Morgan fingerprint density at radius 1 is 1.12 bits per heavy atom. The summed E-state index contributed by atoms with van der Waals surface area (Å²) in [5, 5.41) is 1.22. The zero-order valence-electron chi connectivity index (χ0n) is 18.0. The molecule has 1 aliphatic carbocycles. The van der Waals surface area contributed by atoms with Crippen LogP contribution >= 0.6 is 0 Å². The second kappa shape index (κ2) is 7.48. The van der Waals surface area contributed by atoms with Crippen molar-refractivity contribution in [3.63, 3.8) is 0 Å². The molecular weight excluding hydrogens is 400 g/mol. The van der Waals surface area contributed by atoms with Gasteiger partial charge in [-0.25, -0.2) is 4.98 Å². The van der Waals surface area contributed by atoms with Gasteiger partial charge < -0.3 is 14.6 Å². The minimum absolute atomic E-state index is 0.0657. The van der Waals surface area contributed by atoms with Crippen LogP contribution in [0.2, 0.25) is 0 Å². The maximum atomic E-state index is 14.0. The number of amides is 1. The van der Waals surface area contributed by atoms with E-state index in [9.17, 15) is 4.79 Å². The molecule has 0 spiro atoms. The van der Waals surface area contributed by atoms with Gasteiger partial charge >= 0.3 is 0 Å². The molecule has 6 nitrogen and oxygen atoms in total. The number of fused-ring (bicyclic) bond motifs is 4. The molecule has 6 heteroatoms. The quantitative estimate of drug-likeness (QED) is 0.534. The van der Waals surface area contributed by atoms with Crippen LogP contribution in [0.25, 0.3) is 10.9 Å². The number of methoxy groups -OCH3 is 1. The molecule has 6 rings (SSSR count). The van der Waals surface area contributed by atoms with Gasteiger partial charge in [-0.1, -0.05) is 24.3 Å². The third-order valence-corrected chi connectivity index (χ3v) is 6.70. The number of nitrogens with zero attached hydrogens (tertiary/aromatic N) is 3. The lowest BCUT2D eigenvalue weighted by molar-refractivity contribution is 0.0684. The average Bonchev–Trinajstić information content (AvgIpc) is 3.46. The molecular formula is C26H24N4O2. The molecule has 1 aliphatic heterocycles. The highest BCUT2D eigenvalue weighted by Crippen LogP contribution is 2.39. The summed E-state index contributed by atoms with van der Waals surface area (Å²) in [6.45, 7) is 0.606. The highest BCUT2D eigenvalue weighted by atomic mass is 16.5. The number of aryl methyl sites for hydroxylation is 2. The van der Waals surface area contributed by atoms with Crippen LogP contribution < -0.4 is 4.74 Å². The Bertz CT molecular complexity index is 1330. The maximum Gasteiger partial charge on any atom is 0.260 e. The zero-order valence-corrected chi connectivity index (χ0v) is 18.0. The maximum absolute atomic E-state index is 14.0. The number of hydrogen-bond acceptors (Lipinski definition) is 4. The number of rotatable bonds is 3. The van der Waals surface area contributed by atoms with Gasteiger partial charge in [-0.05, 0) is 61.1 Å². The predicted molar refractivity (Wildman–Crippen MR) is 122 cm³/mol. The number of aromatic nitrogens is 3. The highest BCUT2D eigenvalue weighted by molar-refractivity contribution is 5.98. The normalized spacial score (nSPS) is 17.3. The lowest BCUT2D eigenvalue weighted by Gasteiger charge is -2.35. The summed E-state index contributed by atoms with van der Waals surface area (Å²) in [6.07, 6.45) is 5.55. The minimum atomic E-state index is -0.294. The van der Waals surface area contributed by atoms with E-state index in [4.69, 9.17) is 4.74 Å². The van der Waals surface area contributed by atoms with Gasteiger partial charge in [-0.2, -0.15) is 0 Å². The Balaban J connectivity index is 1.49. The fourth-order valence-corrected chi connectivity index (χ4v) is 5.22. The van der Waals surface area contributed by atoms with Crippen LogP contribution in [0.4, 0.5) is 0 Å². The molecule has 1 atom stereocenters. The van der Waals surface area contributed by atoms with E-state index < -0.39 is 0 Å². The summed E-state index contributed by atoms with van der Waals surface area (Å²) < 4.78 is 5.56. The molecule has 0 bridgehead atoms. The van der Waals surface area contributed by atoms with Gasteiger partial charge in [0, 0.05) is 35.0 Å². The number of benzene rings is 1. The molecule has 0 saturated heterocycles. The van der Waals surface area contributed by atoms with Crippen molar-refractivity contribution in [1.29, 1.82) is 0 Å². The number of H-pyrrole nitrogens is 1. The molecule has 0 fully saturated rings. The summed E-state index contributed by atoms with van der Waals surface area (Å²) in [6, 6.07) is 15.9. The second-order valence-electron chi connectivity index (χ2n) is 8.47. The first kappa shape index (κ1) is 19.0. The number of nitrogens with one attached hydrogen (secondary N) is 1. The number of pyridine rings is 2. The van der Waals surface area contributed by atoms with Gasteiger partial charge in [-0.15, -0.1) is 0 Å². The number of aromatic amines is 1. The van der Waals surface area contributed by atoms with E-state index in [1.54, 1.807) is 13.3 Å². The van der Waals surface area contributed by atoms with E-state index in [1.807, 2.05) is 35.2 Å². The second-order valence-corrected chi connectivity index (χ2v) is 8.47. The summed E-state index contributed by atoms with van der Waals surface area (Å²) in [7, 11) is 1.59. The van der Waals surface area contributed by atoms with E-state index in [2.05, 4.69) is 33.2 Å². The van der Waals surface area contributed by atoms with Gasteiger partial charge in [0.05, 0.1) is 12.8 Å². The number of carbonyl (C=O) groups excluding carboxylic acids is 1. The molecule has 1 aromatic carbocycles. The molecule has 0 saturated carbocycles. The van der Waals surface area contributed by atoms with Gasteiger partial charge in [0.25, 0.3) is 5.91 Å². The number of para-hydroxylation sites is 1. The minimum Gasteiger partial charge on any atom is -0.480 e. The molecule has 1 amide bonds. The zero-order chi connectivity index (χ0) is 21.7. The van der Waals surface area contributed by atoms with Crippen LogP contribution in [0.15, 0.2) is 54.7 Å². The predicted octanol–water partition coefficient (Wildman–Crippen LogP) is 4.24.